The predicted octanol–water partition coefficient (Wildman–Crippen LogP) is 2.14. The van der Waals surface area contributed by atoms with Crippen LogP contribution in [-0.4, -0.2) is 25.4 Å². The van der Waals surface area contributed by atoms with Gasteiger partial charge in [0, 0.05) is 12.6 Å². The molecule has 0 aliphatic heterocycles. The molecule has 0 radical (unpaired) electrons. The maximum Gasteiger partial charge on any atom is 0.305 e. The monoisotopic (exact) mass is 362 g/mol. The van der Waals surface area contributed by atoms with E-state index >= 15 is 0 Å². The molecule has 0 heterocycles. The fourth-order valence-corrected chi connectivity index (χ4v) is 3.49. The number of carboxylic acids is 1. The number of amides is 1. The van der Waals surface area contributed by atoms with Crippen LogP contribution in [0.1, 0.15) is 24.9 Å². The molecule has 0 aliphatic carbocycles. The van der Waals surface area contributed by atoms with E-state index in [4.69, 9.17) is 5.11 Å². The van der Waals surface area contributed by atoms with E-state index in [9.17, 15) is 18.0 Å². The second-order valence-electron chi connectivity index (χ2n) is 5.39. The molecule has 2 aromatic carbocycles. The van der Waals surface area contributed by atoms with Gasteiger partial charge in [0.05, 0.1) is 17.4 Å². The SMILES string of the molecule is CC(=O)Nc1ccc(S(=O)(=O)N[C@@H](CC(=O)O)c2ccccc2)cc1. The van der Waals surface area contributed by atoms with Crippen LogP contribution in [0.15, 0.2) is 59.5 Å². The van der Waals surface area contributed by atoms with Gasteiger partial charge >= 0.3 is 5.97 Å². The molecule has 25 heavy (non-hydrogen) atoms. The fraction of sp³-hybridized carbons (Fsp3) is 0.176. The Morgan fingerprint density at radius 1 is 1.04 bits per heavy atom. The summed E-state index contributed by atoms with van der Waals surface area (Å²) < 4.78 is 27.5. The van der Waals surface area contributed by atoms with Gasteiger partial charge in [-0.15, -0.1) is 0 Å². The number of hydrogen-bond donors (Lipinski definition) is 3. The largest absolute Gasteiger partial charge is 0.481 e. The third kappa shape index (κ3) is 5.40. The van der Waals surface area contributed by atoms with Gasteiger partial charge in [-0.3, -0.25) is 9.59 Å². The van der Waals surface area contributed by atoms with Gasteiger partial charge in [-0.25, -0.2) is 13.1 Å². The Morgan fingerprint density at radius 3 is 2.16 bits per heavy atom. The van der Waals surface area contributed by atoms with Crippen LogP contribution in [0.2, 0.25) is 0 Å². The van der Waals surface area contributed by atoms with Crippen molar-refractivity contribution in [2.24, 2.45) is 0 Å². The van der Waals surface area contributed by atoms with Crippen molar-refractivity contribution in [1.29, 1.82) is 0 Å². The van der Waals surface area contributed by atoms with E-state index in [1.807, 2.05) is 0 Å². The highest BCUT2D eigenvalue weighted by atomic mass is 32.2. The summed E-state index contributed by atoms with van der Waals surface area (Å²) >= 11 is 0. The van der Waals surface area contributed by atoms with E-state index < -0.39 is 22.0 Å². The number of anilines is 1. The number of carbonyl (C=O) groups excluding carboxylic acids is 1. The number of aliphatic carboxylic acids is 1. The Bertz CT molecular complexity index is 848. The molecule has 0 spiro atoms. The topological polar surface area (TPSA) is 113 Å². The van der Waals surface area contributed by atoms with Crippen molar-refractivity contribution in [2.45, 2.75) is 24.3 Å². The molecule has 0 saturated carbocycles. The van der Waals surface area contributed by atoms with Crippen molar-refractivity contribution in [3.05, 3.63) is 60.2 Å². The lowest BCUT2D eigenvalue weighted by molar-refractivity contribution is -0.137. The Morgan fingerprint density at radius 2 is 1.64 bits per heavy atom. The summed E-state index contributed by atoms with van der Waals surface area (Å²) in [5.41, 5.74) is 1.03. The molecule has 132 valence electrons. The van der Waals surface area contributed by atoms with Crippen molar-refractivity contribution in [1.82, 2.24) is 4.72 Å². The number of nitrogens with one attached hydrogen (secondary N) is 2. The molecule has 0 saturated heterocycles. The van der Waals surface area contributed by atoms with Gasteiger partial charge in [-0.2, -0.15) is 0 Å². The first-order chi connectivity index (χ1) is 11.8. The summed E-state index contributed by atoms with van der Waals surface area (Å²) in [6.45, 7) is 1.35. The number of sulfonamides is 1. The number of rotatable bonds is 7. The first-order valence-corrected chi connectivity index (χ1v) is 8.93. The molecule has 0 bridgehead atoms. The summed E-state index contributed by atoms with van der Waals surface area (Å²) in [6.07, 6.45) is -0.382. The number of benzene rings is 2. The second-order valence-corrected chi connectivity index (χ2v) is 7.10. The average Bonchev–Trinajstić information content (AvgIpc) is 2.54. The Hall–Kier alpha value is -2.71. The lowest BCUT2D eigenvalue weighted by Gasteiger charge is -2.17. The standard InChI is InChI=1S/C17H18N2O5S/c1-12(20)18-14-7-9-15(10-8-14)25(23,24)19-16(11-17(21)22)13-5-3-2-4-6-13/h2-10,16,19H,11H2,1H3,(H,18,20)(H,21,22)/t16-/m0/s1. The fourth-order valence-electron chi connectivity index (χ4n) is 2.26. The lowest BCUT2D eigenvalue weighted by Crippen LogP contribution is -2.30. The quantitative estimate of drug-likeness (QED) is 0.698. The Labute approximate surface area is 145 Å². The predicted molar refractivity (Wildman–Crippen MR) is 92.5 cm³/mol. The van der Waals surface area contributed by atoms with Crippen LogP contribution in [0.4, 0.5) is 5.69 Å². The van der Waals surface area contributed by atoms with Crippen LogP contribution < -0.4 is 10.0 Å². The molecule has 2 aromatic rings. The van der Waals surface area contributed by atoms with Crippen molar-refractivity contribution < 1.29 is 23.1 Å². The van der Waals surface area contributed by atoms with Crippen molar-refractivity contribution in [3.63, 3.8) is 0 Å². The maximum absolute atomic E-state index is 12.5. The minimum Gasteiger partial charge on any atom is -0.481 e. The molecule has 2 rings (SSSR count). The summed E-state index contributed by atoms with van der Waals surface area (Å²) in [7, 11) is -3.92. The van der Waals surface area contributed by atoms with Crippen LogP contribution >= 0.6 is 0 Å². The Balaban J connectivity index is 2.24. The first-order valence-electron chi connectivity index (χ1n) is 7.44. The molecule has 1 atom stereocenters. The van der Waals surface area contributed by atoms with Crippen LogP contribution in [0, 0.1) is 0 Å². The van der Waals surface area contributed by atoms with Crippen molar-refractivity contribution >= 4 is 27.6 Å². The molecule has 3 N–H and O–H groups in total. The highest BCUT2D eigenvalue weighted by Crippen LogP contribution is 2.21. The maximum atomic E-state index is 12.5. The van der Waals surface area contributed by atoms with E-state index in [0.717, 1.165) is 0 Å². The number of carboxylic acid groups (broad SMARTS) is 1. The smallest absolute Gasteiger partial charge is 0.305 e. The molecule has 0 fully saturated rings. The summed E-state index contributed by atoms with van der Waals surface area (Å²) in [5.74, 6) is -1.38. The summed E-state index contributed by atoms with van der Waals surface area (Å²) in [6, 6.07) is 13.2. The van der Waals surface area contributed by atoms with Crippen molar-refractivity contribution in [2.75, 3.05) is 5.32 Å². The number of hydrogen-bond acceptors (Lipinski definition) is 4. The summed E-state index contributed by atoms with van der Waals surface area (Å²) in [5, 5.41) is 11.6. The zero-order valence-corrected chi connectivity index (χ0v) is 14.3. The van der Waals surface area contributed by atoms with Crippen molar-refractivity contribution in [3.8, 4) is 0 Å². The van der Waals surface area contributed by atoms with Gasteiger partial charge in [-0.05, 0) is 29.8 Å². The normalized spacial score (nSPS) is 12.4. The van der Waals surface area contributed by atoms with E-state index in [0.29, 0.717) is 11.3 Å². The highest BCUT2D eigenvalue weighted by Gasteiger charge is 2.23. The van der Waals surface area contributed by atoms with Gasteiger partial charge in [0.25, 0.3) is 0 Å². The van der Waals surface area contributed by atoms with Gasteiger partial charge in [-0.1, -0.05) is 30.3 Å². The van der Waals surface area contributed by atoms with Crippen LogP contribution in [0.5, 0.6) is 0 Å². The third-order valence-corrected chi connectivity index (χ3v) is 4.85. The van der Waals surface area contributed by atoms with Crippen LogP contribution in [-0.2, 0) is 19.6 Å². The van der Waals surface area contributed by atoms with E-state index in [1.165, 1.54) is 31.2 Å². The third-order valence-electron chi connectivity index (χ3n) is 3.36. The molecule has 0 aliphatic rings. The van der Waals surface area contributed by atoms with Gasteiger partial charge in [0.2, 0.25) is 15.9 Å². The van der Waals surface area contributed by atoms with E-state index in [1.54, 1.807) is 30.3 Å². The van der Waals surface area contributed by atoms with E-state index in [2.05, 4.69) is 10.0 Å². The highest BCUT2D eigenvalue weighted by molar-refractivity contribution is 7.89. The average molecular weight is 362 g/mol. The number of carbonyl (C=O) groups is 2. The zero-order valence-electron chi connectivity index (χ0n) is 13.5. The van der Waals surface area contributed by atoms with Gasteiger partial charge in [0.15, 0.2) is 0 Å². The molecule has 1 amide bonds. The van der Waals surface area contributed by atoms with Gasteiger partial charge < -0.3 is 10.4 Å². The molecule has 8 heteroatoms. The zero-order chi connectivity index (χ0) is 18.4. The Kier molecular flexibility index (Phi) is 5.89. The summed E-state index contributed by atoms with van der Waals surface area (Å²) in [4.78, 5) is 22.1. The minimum absolute atomic E-state index is 0.0204. The minimum atomic E-state index is -3.92. The lowest BCUT2D eigenvalue weighted by atomic mass is 10.1. The molecule has 0 aromatic heterocycles. The van der Waals surface area contributed by atoms with Crippen LogP contribution in [0.3, 0.4) is 0 Å². The molecular formula is C17H18N2O5S. The second kappa shape index (κ2) is 7.91. The molecular weight excluding hydrogens is 344 g/mol. The molecule has 0 unspecified atom stereocenters. The van der Waals surface area contributed by atoms with Gasteiger partial charge in [0.1, 0.15) is 0 Å². The van der Waals surface area contributed by atoms with Crippen LogP contribution in [0.25, 0.3) is 0 Å². The van der Waals surface area contributed by atoms with E-state index in [-0.39, 0.29) is 17.2 Å². The molecule has 7 nitrogen and oxygen atoms in total. The first kappa shape index (κ1) is 18.6.